The van der Waals surface area contributed by atoms with Gasteiger partial charge in [-0.05, 0) is 0 Å². The molecule has 0 heterocycles. The normalized spacial score (nSPS) is 17.0. The van der Waals surface area contributed by atoms with Gasteiger partial charge in [0.15, 0.2) is 0 Å². The van der Waals surface area contributed by atoms with Crippen molar-refractivity contribution in [2.75, 3.05) is 6.16 Å². The Kier molecular flexibility index (Phi) is 6.04. The van der Waals surface area contributed by atoms with Gasteiger partial charge in [-0.2, -0.15) is 0 Å². The molecule has 1 aliphatic rings. The van der Waals surface area contributed by atoms with Crippen LogP contribution in [0.2, 0.25) is 0 Å². The summed E-state index contributed by atoms with van der Waals surface area (Å²) in [6, 6.07) is 33.6. The van der Waals surface area contributed by atoms with Crippen LogP contribution in [0.4, 0.5) is 0 Å². The zero-order chi connectivity index (χ0) is 19.3. The summed E-state index contributed by atoms with van der Waals surface area (Å²) in [5.41, 5.74) is 0. The van der Waals surface area contributed by atoms with Crippen LogP contribution in [0, 0.1) is 5.92 Å². The Bertz CT molecular complexity index is 771. The van der Waals surface area contributed by atoms with Crippen molar-refractivity contribution in [3.63, 3.8) is 0 Å². The average molecular weight is 453 g/mol. The van der Waals surface area contributed by atoms with E-state index in [1.165, 1.54) is 60.6 Å². The molecule has 0 atom stereocenters. The minimum absolute atomic E-state index is 0.865. The number of hydrogen-bond acceptors (Lipinski definition) is 0. The maximum atomic E-state index is 4.57. The van der Waals surface area contributed by atoms with Crippen LogP contribution in [0.1, 0.15) is 38.5 Å². The fourth-order valence-electron chi connectivity index (χ4n) is 4.95. The van der Waals surface area contributed by atoms with Gasteiger partial charge in [-0.3, -0.25) is 0 Å². The first-order valence-corrected chi connectivity index (χ1v) is 15.1. The van der Waals surface area contributed by atoms with E-state index >= 15 is 0 Å². The van der Waals surface area contributed by atoms with Crippen LogP contribution in [-0.4, -0.2) is 6.16 Å². The number of benzene rings is 3. The van der Waals surface area contributed by atoms with Crippen LogP contribution >= 0.6 is 20.8 Å². The standard InChI is InChI=1S/C26H30BrP/c27-28(24-15-7-2-8-16-24,25-17-9-3-10-18-25,26-19-11-4-12-20-26)22-21-23-13-5-1-6-14-23/h2-4,7-12,15-20,23H,1,5-6,13-14,21-22H2. The van der Waals surface area contributed by atoms with Crippen LogP contribution in [0.15, 0.2) is 91.0 Å². The molecule has 0 amide bonds. The van der Waals surface area contributed by atoms with E-state index in [-0.39, 0.29) is 0 Å². The third-order valence-electron chi connectivity index (χ3n) is 6.57. The zero-order valence-electron chi connectivity index (χ0n) is 16.5. The van der Waals surface area contributed by atoms with E-state index < -0.39 is 5.31 Å². The van der Waals surface area contributed by atoms with Crippen molar-refractivity contribution in [1.82, 2.24) is 0 Å². The van der Waals surface area contributed by atoms with Gasteiger partial charge in [-0.25, -0.2) is 0 Å². The molecule has 3 aromatic rings. The second-order valence-corrected chi connectivity index (χ2v) is 17.3. The second kappa shape index (κ2) is 8.52. The van der Waals surface area contributed by atoms with Crippen molar-refractivity contribution in [3.8, 4) is 0 Å². The second-order valence-electron chi connectivity index (χ2n) is 8.21. The van der Waals surface area contributed by atoms with Gasteiger partial charge in [0.05, 0.1) is 0 Å². The molecule has 4 rings (SSSR count). The molecule has 1 saturated carbocycles. The molecular formula is C26H30BrP. The van der Waals surface area contributed by atoms with Crippen LogP contribution in [0.3, 0.4) is 0 Å². The first-order chi connectivity index (χ1) is 13.7. The summed E-state index contributed by atoms with van der Waals surface area (Å²) in [6.45, 7) is 0. The SMILES string of the molecule is BrP(CCC1CCCCC1)(c1ccccc1)(c1ccccc1)c1ccccc1. The van der Waals surface area contributed by atoms with E-state index in [0.29, 0.717) is 0 Å². The predicted octanol–water partition coefficient (Wildman–Crippen LogP) is 6.80. The molecule has 1 fully saturated rings. The molecular weight excluding hydrogens is 423 g/mol. The molecule has 1 aliphatic carbocycles. The van der Waals surface area contributed by atoms with Gasteiger partial charge < -0.3 is 0 Å². The van der Waals surface area contributed by atoms with Gasteiger partial charge in [0, 0.05) is 0 Å². The first-order valence-electron chi connectivity index (χ1n) is 10.6. The van der Waals surface area contributed by atoms with Gasteiger partial charge >= 0.3 is 178 Å². The summed E-state index contributed by atoms with van der Waals surface area (Å²) < 4.78 is 0. The van der Waals surface area contributed by atoms with Gasteiger partial charge in [-0.15, -0.1) is 0 Å². The molecule has 0 aliphatic heterocycles. The average Bonchev–Trinajstić information content (AvgIpc) is 2.80. The van der Waals surface area contributed by atoms with E-state index in [1.807, 2.05) is 0 Å². The van der Waals surface area contributed by atoms with Crippen molar-refractivity contribution >= 4 is 36.7 Å². The van der Waals surface area contributed by atoms with E-state index in [9.17, 15) is 0 Å². The molecule has 0 radical (unpaired) electrons. The summed E-state index contributed by atoms with van der Waals surface area (Å²) in [5, 5.41) is 1.63. The Morgan fingerprint density at radius 1 is 0.607 bits per heavy atom. The third kappa shape index (κ3) is 3.60. The molecule has 146 valence electrons. The van der Waals surface area contributed by atoms with Gasteiger partial charge in [0.25, 0.3) is 0 Å². The summed E-state index contributed by atoms with van der Waals surface area (Å²) in [5.74, 6) is 0.865. The molecule has 2 heteroatoms. The Hall–Kier alpha value is -1.43. The van der Waals surface area contributed by atoms with Crippen molar-refractivity contribution < 1.29 is 0 Å². The predicted molar refractivity (Wildman–Crippen MR) is 130 cm³/mol. The summed E-state index contributed by atoms with van der Waals surface area (Å²) >= 11 is 4.57. The first kappa shape index (κ1) is 19.9. The van der Waals surface area contributed by atoms with Gasteiger partial charge in [0.1, 0.15) is 0 Å². The van der Waals surface area contributed by atoms with E-state index in [2.05, 4.69) is 106 Å². The van der Waals surface area contributed by atoms with Crippen LogP contribution in [-0.2, 0) is 0 Å². The molecule has 28 heavy (non-hydrogen) atoms. The number of hydrogen-bond donors (Lipinski definition) is 0. The van der Waals surface area contributed by atoms with Crippen molar-refractivity contribution in [1.29, 1.82) is 0 Å². The van der Waals surface area contributed by atoms with E-state index in [0.717, 1.165) is 5.92 Å². The number of halogens is 1. The summed E-state index contributed by atoms with van der Waals surface area (Å²) in [6.07, 6.45) is 9.52. The van der Waals surface area contributed by atoms with Crippen LogP contribution in [0.5, 0.6) is 0 Å². The molecule has 0 aromatic heterocycles. The van der Waals surface area contributed by atoms with Gasteiger partial charge in [-0.1, -0.05) is 0 Å². The Labute approximate surface area is 178 Å². The summed E-state index contributed by atoms with van der Waals surface area (Å²) in [4.78, 5) is 0. The van der Waals surface area contributed by atoms with Crippen molar-refractivity contribution in [2.45, 2.75) is 38.5 Å². The molecule has 0 nitrogen and oxygen atoms in total. The van der Waals surface area contributed by atoms with Crippen molar-refractivity contribution in [2.24, 2.45) is 5.92 Å². The molecule has 3 aromatic carbocycles. The maximum absolute atomic E-state index is 4.57. The Balaban J connectivity index is 1.89. The monoisotopic (exact) mass is 452 g/mol. The van der Waals surface area contributed by atoms with Gasteiger partial charge in [0.2, 0.25) is 0 Å². The fourth-order valence-corrected chi connectivity index (χ4v) is 12.6. The number of rotatable bonds is 6. The summed E-state index contributed by atoms with van der Waals surface area (Å²) in [7, 11) is 0. The molecule has 0 spiro atoms. The topological polar surface area (TPSA) is 0 Å². The van der Waals surface area contributed by atoms with Crippen molar-refractivity contribution in [3.05, 3.63) is 91.0 Å². The van der Waals surface area contributed by atoms with E-state index in [4.69, 9.17) is 0 Å². The third-order valence-corrected chi connectivity index (χ3v) is 16.5. The van der Waals surface area contributed by atoms with Crippen LogP contribution in [0.25, 0.3) is 0 Å². The van der Waals surface area contributed by atoms with E-state index in [1.54, 1.807) is 0 Å². The molecule has 0 N–H and O–H groups in total. The Morgan fingerprint density at radius 3 is 1.39 bits per heavy atom. The molecule has 0 bridgehead atoms. The molecule has 0 saturated heterocycles. The molecule has 0 unspecified atom stereocenters. The zero-order valence-corrected chi connectivity index (χ0v) is 19.0. The minimum atomic E-state index is -2.71. The quantitative estimate of drug-likeness (QED) is 0.360. The van der Waals surface area contributed by atoms with Crippen LogP contribution < -0.4 is 15.9 Å². The fraction of sp³-hybridized carbons (Fsp3) is 0.308. The Morgan fingerprint density at radius 2 is 1.00 bits per heavy atom.